The van der Waals surface area contributed by atoms with E-state index < -0.39 is 11.8 Å². The highest BCUT2D eigenvalue weighted by Gasteiger charge is 2.12. The molecular weight excluding hydrogens is 358 g/mol. The molecule has 5 nitrogen and oxygen atoms in total. The molecule has 2 aromatic rings. The number of nitrogens with one attached hydrogen (secondary N) is 2. The van der Waals surface area contributed by atoms with Crippen LogP contribution in [0.25, 0.3) is 0 Å². The van der Waals surface area contributed by atoms with Gasteiger partial charge in [-0.1, -0.05) is 47.1 Å². The van der Waals surface area contributed by atoms with Crippen molar-refractivity contribution in [1.82, 2.24) is 5.43 Å². The average Bonchev–Trinajstić information content (AvgIpc) is 2.55. The third kappa shape index (κ3) is 5.34. The minimum atomic E-state index is -0.823. The number of amides is 2. The normalized spacial score (nSPS) is 10.5. The molecule has 0 saturated heterocycles. The molecule has 23 heavy (non-hydrogen) atoms. The molecule has 6 heteroatoms. The quantitative estimate of drug-likeness (QED) is 0.491. The van der Waals surface area contributed by atoms with Crippen molar-refractivity contribution in [3.63, 3.8) is 0 Å². The number of aryl methyl sites for hydroxylation is 1. The second kappa shape index (κ2) is 8.24. The monoisotopic (exact) mass is 373 g/mol. The number of nitrogens with zero attached hydrogens (tertiary/aromatic N) is 1. The van der Waals surface area contributed by atoms with E-state index in [1.165, 1.54) is 6.21 Å². The standard InChI is InChI=1S/C17H16BrN3O2/c1-2-12-6-8-15(9-7-12)20-16(22)17(23)21-19-11-13-4-3-5-14(18)10-13/h3-11H,2H2,1H3,(H,20,22)(H,21,23)/b19-11-. The molecule has 0 saturated carbocycles. The van der Waals surface area contributed by atoms with Gasteiger partial charge in [0.05, 0.1) is 6.21 Å². The molecule has 0 unspecified atom stereocenters. The summed E-state index contributed by atoms with van der Waals surface area (Å²) in [6.07, 6.45) is 2.38. The first kappa shape index (κ1) is 16.9. The molecular formula is C17H16BrN3O2. The maximum absolute atomic E-state index is 11.8. The Morgan fingerprint density at radius 2 is 1.87 bits per heavy atom. The average molecular weight is 374 g/mol. The van der Waals surface area contributed by atoms with Crippen molar-refractivity contribution < 1.29 is 9.59 Å². The number of carbonyl (C=O) groups excluding carboxylic acids is 2. The van der Waals surface area contributed by atoms with Crippen molar-refractivity contribution in [2.24, 2.45) is 5.10 Å². The van der Waals surface area contributed by atoms with Crippen LogP contribution in [0.1, 0.15) is 18.1 Å². The van der Waals surface area contributed by atoms with Crippen LogP contribution in [-0.2, 0) is 16.0 Å². The highest BCUT2D eigenvalue weighted by Crippen LogP contribution is 2.10. The van der Waals surface area contributed by atoms with Gasteiger partial charge >= 0.3 is 11.8 Å². The first-order chi connectivity index (χ1) is 11.1. The molecule has 0 atom stereocenters. The van der Waals surface area contributed by atoms with E-state index in [2.05, 4.69) is 31.8 Å². The first-order valence-electron chi connectivity index (χ1n) is 7.07. The predicted octanol–water partition coefficient (Wildman–Crippen LogP) is 3.10. The van der Waals surface area contributed by atoms with E-state index in [9.17, 15) is 9.59 Å². The van der Waals surface area contributed by atoms with Gasteiger partial charge in [-0.15, -0.1) is 0 Å². The zero-order valence-electron chi connectivity index (χ0n) is 12.5. The zero-order valence-corrected chi connectivity index (χ0v) is 14.1. The van der Waals surface area contributed by atoms with Gasteiger partial charge in [-0.2, -0.15) is 5.10 Å². The SMILES string of the molecule is CCc1ccc(NC(=O)C(=O)N/N=C\c2cccc(Br)c2)cc1. The Morgan fingerprint density at radius 3 is 2.52 bits per heavy atom. The van der Waals surface area contributed by atoms with E-state index in [1.807, 2.05) is 43.3 Å². The Labute approximate surface area is 142 Å². The van der Waals surface area contributed by atoms with Crippen molar-refractivity contribution in [2.75, 3.05) is 5.32 Å². The summed E-state index contributed by atoms with van der Waals surface area (Å²) >= 11 is 3.34. The number of hydrogen-bond donors (Lipinski definition) is 2. The summed E-state index contributed by atoms with van der Waals surface area (Å²) in [5.41, 5.74) is 4.72. The molecule has 2 amide bonds. The van der Waals surface area contributed by atoms with Crippen LogP contribution in [0.5, 0.6) is 0 Å². The van der Waals surface area contributed by atoms with E-state index in [0.717, 1.165) is 22.0 Å². The molecule has 2 aromatic carbocycles. The summed E-state index contributed by atoms with van der Waals surface area (Å²) in [4.78, 5) is 23.4. The number of halogens is 1. The van der Waals surface area contributed by atoms with Crippen molar-refractivity contribution >= 4 is 39.6 Å². The van der Waals surface area contributed by atoms with Crippen molar-refractivity contribution in [3.8, 4) is 0 Å². The van der Waals surface area contributed by atoms with Gasteiger partial charge in [-0.3, -0.25) is 9.59 Å². The van der Waals surface area contributed by atoms with E-state index in [-0.39, 0.29) is 0 Å². The number of rotatable bonds is 4. The van der Waals surface area contributed by atoms with Gasteiger partial charge in [0, 0.05) is 10.2 Å². The Bertz CT molecular complexity index is 727. The maximum Gasteiger partial charge on any atom is 0.329 e. The summed E-state index contributed by atoms with van der Waals surface area (Å²) < 4.78 is 0.904. The van der Waals surface area contributed by atoms with Crippen molar-refractivity contribution in [1.29, 1.82) is 0 Å². The number of hydrogen-bond acceptors (Lipinski definition) is 3. The third-order valence-electron chi connectivity index (χ3n) is 3.05. The second-order valence-corrected chi connectivity index (χ2v) is 5.67. The lowest BCUT2D eigenvalue weighted by Gasteiger charge is -2.04. The number of carbonyl (C=O) groups is 2. The molecule has 2 N–H and O–H groups in total. The predicted molar refractivity (Wildman–Crippen MR) is 94.3 cm³/mol. The van der Waals surface area contributed by atoms with Gasteiger partial charge in [0.15, 0.2) is 0 Å². The molecule has 118 valence electrons. The minimum absolute atomic E-state index is 0.568. The summed E-state index contributed by atoms with van der Waals surface area (Å²) in [5, 5.41) is 6.28. The van der Waals surface area contributed by atoms with Gasteiger partial charge < -0.3 is 5.32 Å². The Morgan fingerprint density at radius 1 is 1.13 bits per heavy atom. The summed E-state index contributed by atoms with van der Waals surface area (Å²) in [6, 6.07) is 14.7. The molecule has 0 spiro atoms. The largest absolute Gasteiger partial charge is 0.329 e. The molecule has 0 aliphatic rings. The molecule has 0 heterocycles. The topological polar surface area (TPSA) is 70.6 Å². The molecule has 0 aliphatic heterocycles. The van der Waals surface area contributed by atoms with Gasteiger partial charge in [0.25, 0.3) is 0 Å². The maximum atomic E-state index is 11.8. The number of benzene rings is 2. The second-order valence-electron chi connectivity index (χ2n) is 4.76. The van der Waals surface area contributed by atoms with E-state index >= 15 is 0 Å². The van der Waals surface area contributed by atoms with Crippen LogP contribution in [-0.4, -0.2) is 18.0 Å². The van der Waals surface area contributed by atoms with Crippen LogP contribution in [0.2, 0.25) is 0 Å². The van der Waals surface area contributed by atoms with Crippen LogP contribution in [0.15, 0.2) is 58.1 Å². The molecule has 0 fully saturated rings. The lowest BCUT2D eigenvalue weighted by molar-refractivity contribution is -0.136. The fraction of sp³-hybridized carbons (Fsp3) is 0.118. The van der Waals surface area contributed by atoms with Crippen LogP contribution in [0, 0.1) is 0 Å². The van der Waals surface area contributed by atoms with Gasteiger partial charge in [0.1, 0.15) is 0 Å². The summed E-state index contributed by atoms with van der Waals surface area (Å²) in [5.74, 6) is -1.59. The fourth-order valence-corrected chi connectivity index (χ4v) is 2.23. The fourth-order valence-electron chi connectivity index (χ4n) is 1.81. The van der Waals surface area contributed by atoms with Gasteiger partial charge in [-0.05, 0) is 41.8 Å². The summed E-state index contributed by atoms with van der Waals surface area (Å²) in [6.45, 7) is 2.05. The van der Waals surface area contributed by atoms with Crippen molar-refractivity contribution in [2.45, 2.75) is 13.3 Å². The highest BCUT2D eigenvalue weighted by molar-refractivity contribution is 9.10. The smallest absolute Gasteiger partial charge is 0.318 e. The lowest BCUT2D eigenvalue weighted by Crippen LogP contribution is -2.32. The van der Waals surface area contributed by atoms with E-state index in [4.69, 9.17) is 0 Å². The van der Waals surface area contributed by atoms with Gasteiger partial charge in [-0.25, -0.2) is 5.43 Å². The Kier molecular flexibility index (Phi) is 6.05. The number of hydrazone groups is 1. The molecule has 2 rings (SSSR count). The van der Waals surface area contributed by atoms with Crippen LogP contribution in [0.3, 0.4) is 0 Å². The minimum Gasteiger partial charge on any atom is -0.318 e. The van der Waals surface area contributed by atoms with Crippen LogP contribution < -0.4 is 10.7 Å². The van der Waals surface area contributed by atoms with E-state index in [1.54, 1.807) is 12.1 Å². The Hall–Kier alpha value is -2.47. The van der Waals surface area contributed by atoms with Gasteiger partial charge in [0.2, 0.25) is 0 Å². The first-order valence-corrected chi connectivity index (χ1v) is 7.86. The zero-order chi connectivity index (χ0) is 16.7. The Balaban J connectivity index is 1.88. The molecule has 0 bridgehead atoms. The van der Waals surface area contributed by atoms with Crippen molar-refractivity contribution in [3.05, 3.63) is 64.1 Å². The number of anilines is 1. The summed E-state index contributed by atoms with van der Waals surface area (Å²) in [7, 11) is 0. The lowest BCUT2D eigenvalue weighted by atomic mass is 10.1. The van der Waals surface area contributed by atoms with Crippen LogP contribution >= 0.6 is 15.9 Å². The molecule has 0 radical (unpaired) electrons. The van der Waals surface area contributed by atoms with E-state index in [0.29, 0.717) is 5.69 Å². The highest BCUT2D eigenvalue weighted by atomic mass is 79.9. The van der Waals surface area contributed by atoms with Crippen LogP contribution in [0.4, 0.5) is 5.69 Å². The third-order valence-corrected chi connectivity index (χ3v) is 3.55. The molecule has 0 aromatic heterocycles. The molecule has 0 aliphatic carbocycles.